The molecule has 2 bridgehead atoms. The van der Waals surface area contributed by atoms with Gasteiger partial charge in [0.2, 0.25) is 0 Å². The first-order valence-corrected chi connectivity index (χ1v) is 11.0. The van der Waals surface area contributed by atoms with Crippen molar-refractivity contribution in [1.29, 1.82) is 0 Å². The van der Waals surface area contributed by atoms with Crippen LogP contribution in [0.25, 0.3) is 0 Å². The maximum atomic E-state index is 2.88. The number of hydrogen-bond donors (Lipinski definition) is 0. The fraction of sp³-hybridized carbons (Fsp3) is 0.913. The predicted molar refractivity (Wildman–Crippen MR) is 107 cm³/mol. The quantitative estimate of drug-likeness (QED) is 0.669. The summed E-state index contributed by atoms with van der Waals surface area (Å²) >= 11 is 0. The molecule has 25 heavy (non-hydrogen) atoms. The van der Waals surface area contributed by atoms with Gasteiger partial charge < -0.3 is 0 Å². The topological polar surface area (TPSA) is 6.48 Å². The Morgan fingerprint density at radius 2 is 1.08 bits per heavy atom. The van der Waals surface area contributed by atoms with Crippen molar-refractivity contribution < 1.29 is 0 Å². The number of rotatable bonds is 5. The van der Waals surface area contributed by atoms with Crippen LogP contribution in [0.15, 0.2) is 12.2 Å². The van der Waals surface area contributed by atoms with Crippen LogP contribution in [0.1, 0.15) is 60.8 Å². The van der Waals surface area contributed by atoms with E-state index >= 15 is 0 Å². The number of allylic oxidation sites excluding steroid dienone is 2. The van der Waals surface area contributed by atoms with Crippen LogP contribution in [0.4, 0.5) is 0 Å². The number of hydrogen-bond acceptors (Lipinski definition) is 2. The molecule has 6 atom stereocenters. The molecule has 3 fully saturated rings. The van der Waals surface area contributed by atoms with E-state index in [0.717, 1.165) is 35.5 Å². The average molecular weight is 345 g/mol. The molecule has 2 heteroatoms. The zero-order chi connectivity index (χ0) is 18.0. The third kappa shape index (κ3) is 2.57. The van der Waals surface area contributed by atoms with Crippen LogP contribution in [0.2, 0.25) is 0 Å². The molecule has 2 heterocycles. The summed E-state index contributed by atoms with van der Waals surface area (Å²) in [6.45, 7) is 20.0. The summed E-state index contributed by atoms with van der Waals surface area (Å²) < 4.78 is 0. The molecule has 1 saturated carbocycles. The molecular formula is C23H40N2. The van der Waals surface area contributed by atoms with Gasteiger partial charge in [-0.1, -0.05) is 32.9 Å². The van der Waals surface area contributed by atoms with E-state index in [-0.39, 0.29) is 0 Å². The van der Waals surface area contributed by atoms with E-state index in [1.807, 2.05) is 0 Å². The zero-order valence-electron chi connectivity index (χ0n) is 17.5. The second-order valence-corrected chi connectivity index (χ2v) is 10.4. The Hall–Kier alpha value is -0.340. The van der Waals surface area contributed by atoms with Crippen molar-refractivity contribution in [3.63, 3.8) is 0 Å². The van der Waals surface area contributed by atoms with Crippen LogP contribution in [-0.4, -0.2) is 47.1 Å². The summed E-state index contributed by atoms with van der Waals surface area (Å²) in [6, 6.07) is 0. The molecule has 2 saturated heterocycles. The van der Waals surface area contributed by atoms with Crippen LogP contribution in [0.3, 0.4) is 0 Å². The van der Waals surface area contributed by atoms with E-state index in [4.69, 9.17) is 0 Å². The summed E-state index contributed by atoms with van der Waals surface area (Å²) in [5, 5.41) is 0. The molecule has 0 radical (unpaired) electrons. The summed E-state index contributed by atoms with van der Waals surface area (Å²) in [5.41, 5.74) is 0.795. The lowest BCUT2D eigenvalue weighted by molar-refractivity contribution is 0.0650. The summed E-state index contributed by atoms with van der Waals surface area (Å²) in [6.07, 6.45) is 9.14. The minimum atomic E-state index is 0.376. The largest absolute Gasteiger partial charge is 0.298 e. The Morgan fingerprint density at radius 1 is 0.680 bits per heavy atom. The molecule has 0 aromatic heterocycles. The maximum Gasteiger partial charge on any atom is 0.0176 e. The Labute approximate surface area is 156 Å². The van der Waals surface area contributed by atoms with Crippen molar-refractivity contribution in [2.75, 3.05) is 26.2 Å². The first-order valence-electron chi connectivity index (χ1n) is 11.0. The summed E-state index contributed by atoms with van der Waals surface area (Å²) in [5.74, 6) is 5.41. The van der Waals surface area contributed by atoms with Gasteiger partial charge in [0.05, 0.1) is 0 Å². The molecule has 1 unspecified atom stereocenters. The number of nitrogens with zero attached hydrogens (tertiary/aromatic N) is 2. The minimum absolute atomic E-state index is 0.376. The highest BCUT2D eigenvalue weighted by atomic mass is 15.2. The molecule has 2 nitrogen and oxygen atoms in total. The highest BCUT2D eigenvalue weighted by Crippen LogP contribution is 2.57. The first-order chi connectivity index (χ1) is 11.8. The van der Waals surface area contributed by atoms with Gasteiger partial charge >= 0.3 is 0 Å². The van der Waals surface area contributed by atoms with Crippen molar-refractivity contribution in [1.82, 2.24) is 9.80 Å². The highest BCUT2D eigenvalue weighted by Gasteiger charge is 2.58. The van der Waals surface area contributed by atoms with Gasteiger partial charge in [-0.15, -0.1) is 0 Å². The van der Waals surface area contributed by atoms with Crippen LogP contribution in [0, 0.1) is 35.5 Å². The van der Waals surface area contributed by atoms with Crippen LogP contribution < -0.4 is 0 Å². The summed E-state index contributed by atoms with van der Waals surface area (Å²) in [7, 11) is 0. The molecule has 3 aliphatic carbocycles. The van der Waals surface area contributed by atoms with Gasteiger partial charge in [0, 0.05) is 37.3 Å². The highest BCUT2D eigenvalue weighted by molar-refractivity contribution is 5.21. The standard InChI is InChI=1S/C23H40N2/c1-7-22(4,5)24-12-18-16-10-11-17(19(18)13-24)21-15-25(14-20(16)21)23(6,8-2)9-3/h10-11,16-21H,7-9,12-15H2,1-6H3/t16-,17+,18+,19?,20-,21+/m1/s1. The van der Waals surface area contributed by atoms with E-state index < -0.39 is 0 Å². The predicted octanol–water partition coefficient (Wildman–Crippen LogP) is 4.67. The number of likely N-dealkylation sites (tertiary alicyclic amines) is 2. The zero-order valence-corrected chi connectivity index (χ0v) is 17.5. The average Bonchev–Trinajstić information content (AvgIpc) is 3.27. The van der Waals surface area contributed by atoms with E-state index in [1.165, 1.54) is 45.4 Å². The Morgan fingerprint density at radius 3 is 1.44 bits per heavy atom. The lowest BCUT2D eigenvalue weighted by Crippen LogP contribution is -2.47. The van der Waals surface area contributed by atoms with Crippen LogP contribution in [-0.2, 0) is 0 Å². The fourth-order valence-corrected chi connectivity index (χ4v) is 6.66. The second kappa shape index (κ2) is 6.09. The lowest BCUT2D eigenvalue weighted by Gasteiger charge is -2.48. The van der Waals surface area contributed by atoms with Crippen LogP contribution >= 0.6 is 0 Å². The second-order valence-electron chi connectivity index (χ2n) is 10.4. The van der Waals surface area contributed by atoms with Gasteiger partial charge in [-0.25, -0.2) is 0 Å². The Balaban J connectivity index is 1.55. The van der Waals surface area contributed by atoms with E-state index in [9.17, 15) is 0 Å². The smallest absolute Gasteiger partial charge is 0.0176 e. The SMILES string of the molecule is CCC(C)(C)N1CC2[C@@H](C1)[C@H]1C=C[C@@H]2[C@@H]2CN(C(C)(CC)CC)C[C@H]12. The molecule has 5 rings (SSSR count). The third-order valence-electron chi connectivity index (χ3n) is 9.37. The van der Waals surface area contributed by atoms with E-state index in [0.29, 0.717) is 11.1 Å². The van der Waals surface area contributed by atoms with Gasteiger partial charge in [-0.05, 0) is 75.5 Å². The van der Waals surface area contributed by atoms with Crippen molar-refractivity contribution in [2.24, 2.45) is 35.5 Å². The third-order valence-corrected chi connectivity index (χ3v) is 9.37. The molecule has 0 spiro atoms. The van der Waals surface area contributed by atoms with Gasteiger partial charge in [0.15, 0.2) is 0 Å². The van der Waals surface area contributed by atoms with Gasteiger partial charge in [-0.3, -0.25) is 9.80 Å². The van der Waals surface area contributed by atoms with Gasteiger partial charge in [0.25, 0.3) is 0 Å². The van der Waals surface area contributed by atoms with Gasteiger partial charge in [-0.2, -0.15) is 0 Å². The molecule has 0 amide bonds. The maximum absolute atomic E-state index is 2.88. The molecule has 5 aliphatic rings. The van der Waals surface area contributed by atoms with Crippen LogP contribution in [0.5, 0.6) is 0 Å². The van der Waals surface area contributed by atoms with Crippen molar-refractivity contribution >= 4 is 0 Å². The van der Waals surface area contributed by atoms with Crippen molar-refractivity contribution in [2.45, 2.75) is 71.9 Å². The Kier molecular flexibility index (Phi) is 4.40. The van der Waals surface area contributed by atoms with Gasteiger partial charge in [0.1, 0.15) is 0 Å². The minimum Gasteiger partial charge on any atom is -0.298 e. The molecule has 0 N–H and O–H groups in total. The summed E-state index contributed by atoms with van der Waals surface area (Å²) in [4.78, 5) is 5.71. The molecule has 2 aliphatic heterocycles. The normalized spacial score (nSPS) is 41.4. The van der Waals surface area contributed by atoms with E-state index in [2.05, 4.69) is 63.5 Å². The molecule has 142 valence electrons. The molecular weight excluding hydrogens is 304 g/mol. The molecule has 0 aromatic carbocycles. The lowest BCUT2D eigenvalue weighted by atomic mass is 9.55. The Bertz CT molecular complexity index is 502. The monoisotopic (exact) mass is 344 g/mol. The first kappa shape index (κ1) is 18.0. The van der Waals surface area contributed by atoms with Crippen molar-refractivity contribution in [3.8, 4) is 0 Å². The van der Waals surface area contributed by atoms with Crippen molar-refractivity contribution in [3.05, 3.63) is 12.2 Å². The van der Waals surface area contributed by atoms with E-state index in [1.54, 1.807) is 0 Å². The fourth-order valence-electron chi connectivity index (χ4n) is 6.66. The molecule has 0 aromatic rings.